The normalized spacial score (nSPS) is 14.1. The van der Waals surface area contributed by atoms with E-state index in [4.69, 9.17) is 0 Å². The maximum absolute atomic E-state index is 12.4. The summed E-state index contributed by atoms with van der Waals surface area (Å²) in [7, 11) is 1.88. The van der Waals surface area contributed by atoms with E-state index in [2.05, 4.69) is 15.4 Å². The average Bonchev–Trinajstić information content (AvgIpc) is 3.20. The Morgan fingerprint density at radius 1 is 1.50 bits per heavy atom. The molecule has 20 heavy (non-hydrogen) atoms. The summed E-state index contributed by atoms with van der Waals surface area (Å²) < 4.78 is 1.75. The molecule has 1 N–H and O–H groups in total. The lowest BCUT2D eigenvalue weighted by Crippen LogP contribution is -2.36. The second kappa shape index (κ2) is 5.32. The fraction of sp³-hybridized carbons (Fsp3) is 0.357. The van der Waals surface area contributed by atoms with Gasteiger partial charge < -0.3 is 10.2 Å². The molecule has 1 fully saturated rings. The van der Waals surface area contributed by atoms with Crippen LogP contribution in [0.3, 0.4) is 0 Å². The molecule has 0 atom stereocenters. The summed E-state index contributed by atoms with van der Waals surface area (Å²) in [6.07, 6.45) is 9.21. The fourth-order valence-corrected chi connectivity index (χ4v) is 2.14. The summed E-state index contributed by atoms with van der Waals surface area (Å²) in [5.74, 6) is 0. The van der Waals surface area contributed by atoms with Crippen LogP contribution < -0.4 is 5.32 Å². The maximum atomic E-state index is 12.4. The Morgan fingerprint density at radius 2 is 2.35 bits per heavy atom. The van der Waals surface area contributed by atoms with E-state index in [0.717, 1.165) is 18.4 Å². The molecule has 2 amide bonds. The van der Waals surface area contributed by atoms with Crippen LogP contribution in [0.4, 0.5) is 10.5 Å². The van der Waals surface area contributed by atoms with Crippen LogP contribution in [0.15, 0.2) is 36.9 Å². The number of hydrogen-bond donors (Lipinski definition) is 1. The Kier molecular flexibility index (Phi) is 3.37. The zero-order valence-corrected chi connectivity index (χ0v) is 11.4. The SMILES string of the molecule is Cn1cc(CN(C(=O)Nc2cccnc2)C2CC2)cn1. The lowest BCUT2D eigenvalue weighted by molar-refractivity contribution is 0.206. The van der Waals surface area contributed by atoms with Crippen molar-refractivity contribution in [3.63, 3.8) is 0 Å². The van der Waals surface area contributed by atoms with E-state index < -0.39 is 0 Å². The van der Waals surface area contributed by atoms with Gasteiger partial charge in [0.05, 0.1) is 24.6 Å². The molecule has 0 saturated heterocycles. The molecular weight excluding hydrogens is 254 g/mol. The van der Waals surface area contributed by atoms with Crippen molar-refractivity contribution in [2.24, 2.45) is 7.05 Å². The molecule has 1 aliphatic carbocycles. The first-order valence-corrected chi connectivity index (χ1v) is 6.67. The second-order valence-electron chi connectivity index (χ2n) is 5.05. The summed E-state index contributed by atoms with van der Waals surface area (Å²) in [5.41, 5.74) is 1.76. The van der Waals surface area contributed by atoms with Gasteiger partial charge in [-0.3, -0.25) is 9.67 Å². The van der Waals surface area contributed by atoms with Crippen molar-refractivity contribution in [1.82, 2.24) is 19.7 Å². The summed E-state index contributed by atoms with van der Waals surface area (Å²) >= 11 is 0. The van der Waals surface area contributed by atoms with Gasteiger partial charge in [-0.2, -0.15) is 5.10 Å². The molecule has 2 aromatic rings. The third kappa shape index (κ3) is 2.96. The number of rotatable bonds is 4. The molecule has 0 aromatic carbocycles. The van der Waals surface area contributed by atoms with Gasteiger partial charge in [0.15, 0.2) is 0 Å². The average molecular weight is 271 g/mol. The van der Waals surface area contributed by atoms with Crippen molar-refractivity contribution in [2.75, 3.05) is 5.32 Å². The predicted octanol–water partition coefficient (Wildman–Crippen LogP) is 2.01. The molecule has 2 aromatic heterocycles. The Bertz CT molecular complexity index is 591. The third-order valence-corrected chi connectivity index (χ3v) is 3.27. The minimum absolute atomic E-state index is 0.0793. The molecule has 0 bridgehead atoms. The van der Waals surface area contributed by atoms with Crippen molar-refractivity contribution in [2.45, 2.75) is 25.4 Å². The number of nitrogens with one attached hydrogen (secondary N) is 1. The van der Waals surface area contributed by atoms with E-state index in [1.165, 1.54) is 0 Å². The zero-order valence-electron chi connectivity index (χ0n) is 11.4. The minimum Gasteiger partial charge on any atom is -0.317 e. The molecule has 1 saturated carbocycles. The van der Waals surface area contributed by atoms with Crippen molar-refractivity contribution >= 4 is 11.7 Å². The molecule has 6 nitrogen and oxygen atoms in total. The molecule has 3 rings (SSSR count). The Balaban J connectivity index is 1.69. The van der Waals surface area contributed by atoms with E-state index >= 15 is 0 Å². The van der Waals surface area contributed by atoms with Gasteiger partial charge in [-0.15, -0.1) is 0 Å². The van der Waals surface area contributed by atoms with Gasteiger partial charge in [0.2, 0.25) is 0 Å². The first-order chi connectivity index (χ1) is 9.72. The van der Waals surface area contributed by atoms with Gasteiger partial charge in [-0.1, -0.05) is 0 Å². The van der Waals surface area contributed by atoms with Crippen LogP contribution >= 0.6 is 0 Å². The van der Waals surface area contributed by atoms with Crippen molar-refractivity contribution < 1.29 is 4.79 Å². The minimum atomic E-state index is -0.0793. The first-order valence-electron chi connectivity index (χ1n) is 6.67. The Morgan fingerprint density at radius 3 is 2.95 bits per heavy atom. The largest absolute Gasteiger partial charge is 0.322 e. The van der Waals surface area contributed by atoms with Gasteiger partial charge >= 0.3 is 6.03 Å². The van der Waals surface area contributed by atoms with Crippen LogP contribution in [-0.4, -0.2) is 31.7 Å². The third-order valence-electron chi connectivity index (χ3n) is 3.27. The van der Waals surface area contributed by atoms with Gasteiger partial charge in [-0.05, 0) is 25.0 Å². The van der Waals surface area contributed by atoms with Crippen LogP contribution in [0.5, 0.6) is 0 Å². The first kappa shape index (κ1) is 12.7. The number of nitrogens with zero attached hydrogens (tertiary/aromatic N) is 4. The predicted molar refractivity (Wildman–Crippen MR) is 75.0 cm³/mol. The number of anilines is 1. The number of carbonyl (C=O) groups excluding carboxylic acids is 1. The molecule has 0 unspecified atom stereocenters. The molecule has 0 spiro atoms. The quantitative estimate of drug-likeness (QED) is 0.925. The maximum Gasteiger partial charge on any atom is 0.322 e. The van der Waals surface area contributed by atoms with Crippen LogP contribution in [0.25, 0.3) is 0 Å². The summed E-state index contributed by atoms with van der Waals surface area (Å²) in [5, 5.41) is 7.03. The highest BCUT2D eigenvalue weighted by Crippen LogP contribution is 2.28. The zero-order chi connectivity index (χ0) is 13.9. The van der Waals surface area contributed by atoms with Gasteiger partial charge in [-0.25, -0.2) is 4.79 Å². The summed E-state index contributed by atoms with van der Waals surface area (Å²) in [4.78, 5) is 18.2. The van der Waals surface area contributed by atoms with E-state index in [-0.39, 0.29) is 6.03 Å². The summed E-state index contributed by atoms with van der Waals surface area (Å²) in [6.45, 7) is 0.588. The number of pyridine rings is 1. The molecule has 2 heterocycles. The fourth-order valence-electron chi connectivity index (χ4n) is 2.14. The molecule has 6 heteroatoms. The van der Waals surface area contributed by atoms with E-state index in [1.54, 1.807) is 29.3 Å². The van der Waals surface area contributed by atoms with Crippen molar-refractivity contribution in [3.05, 3.63) is 42.5 Å². The van der Waals surface area contributed by atoms with E-state index in [0.29, 0.717) is 18.3 Å². The topological polar surface area (TPSA) is 63.1 Å². The molecular formula is C14H17N5O. The van der Waals surface area contributed by atoms with Crippen molar-refractivity contribution in [3.8, 4) is 0 Å². The highest BCUT2D eigenvalue weighted by molar-refractivity contribution is 5.89. The van der Waals surface area contributed by atoms with E-state index in [1.807, 2.05) is 24.2 Å². The van der Waals surface area contributed by atoms with Gasteiger partial charge in [0.1, 0.15) is 0 Å². The second-order valence-corrected chi connectivity index (χ2v) is 5.05. The van der Waals surface area contributed by atoms with Gasteiger partial charge in [0, 0.05) is 31.0 Å². The smallest absolute Gasteiger partial charge is 0.317 e. The summed E-state index contributed by atoms with van der Waals surface area (Å²) in [6, 6.07) is 3.90. The molecule has 0 aliphatic heterocycles. The van der Waals surface area contributed by atoms with Crippen LogP contribution in [0.1, 0.15) is 18.4 Å². The van der Waals surface area contributed by atoms with Gasteiger partial charge in [0.25, 0.3) is 0 Å². The number of aryl methyl sites for hydroxylation is 1. The molecule has 0 radical (unpaired) electrons. The van der Waals surface area contributed by atoms with Crippen molar-refractivity contribution in [1.29, 1.82) is 0 Å². The number of hydrogen-bond acceptors (Lipinski definition) is 3. The lowest BCUT2D eigenvalue weighted by Gasteiger charge is -2.22. The van der Waals surface area contributed by atoms with Crippen LogP contribution in [0, 0.1) is 0 Å². The highest BCUT2D eigenvalue weighted by atomic mass is 16.2. The van der Waals surface area contributed by atoms with E-state index in [9.17, 15) is 4.79 Å². The standard InChI is InChI=1S/C14H17N5O/c1-18-9-11(7-16-18)10-19(13-4-5-13)14(20)17-12-3-2-6-15-8-12/h2-3,6-9,13H,4-5,10H2,1H3,(H,17,20). The Labute approximate surface area is 117 Å². The number of aromatic nitrogens is 3. The monoisotopic (exact) mass is 271 g/mol. The van der Waals surface area contributed by atoms with Crippen LogP contribution in [-0.2, 0) is 13.6 Å². The highest BCUT2D eigenvalue weighted by Gasteiger charge is 2.32. The molecule has 1 aliphatic rings. The lowest BCUT2D eigenvalue weighted by atomic mass is 10.3. The number of amides is 2. The Hall–Kier alpha value is -2.37. The number of carbonyl (C=O) groups is 1. The number of urea groups is 1. The molecule has 104 valence electrons. The van der Waals surface area contributed by atoms with Crippen LogP contribution in [0.2, 0.25) is 0 Å².